The van der Waals surface area contributed by atoms with Gasteiger partial charge in [0.2, 0.25) is 0 Å². The Labute approximate surface area is 127 Å². The minimum atomic E-state index is 0.614. The second-order valence-electron chi connectivity index (χ2n) is 5.37. The summed E-state index contributed by atoms with van der Waals surface area (Å²) in [5, 5.41) is 1.37. The van der Waals surface area contributed by atoms with Crippen LogP contribution in [0, 0.1) is 6.92 Å². The predicted molar refractivity (Wildman–Crippen MR) is 90.6 cm³/mol. The number of fused-ring (bicyclic) bond motifs is 1. The van der Waals surface area contributed by atoms with Crippen molar-refractivity contribution in [1.29, 1.82) is 0 Å². The van der Waals surface area contributed by atoms with Gasteiger partial charge in [0.05, 0.1) is 15.0 Å². The van der Waals surface area contributed by atoms with E-state index in [9.17, 15) is 0 Å². The zero-order valence-corrected chi connectivity index (χ0v) is 13.6. The predicted octanol–water partition coefficient (Wildman–Crippen LogP) is 5.47. The van der Waals surface area contributed by atoms with Gasteiger partial charge in [0.15, 0.2) is 0 Å². The molecule has 1 atom stereocenters. The van der Waals surface area contributed by atoms with Crippen molar-refractivity contribution in [1.82, 2.24) is 0 Å². The summed E-state index contributed by atoms with van der Waals surface area (Å²) in [7, 11) is 7.54. The Hall–Kier alpha value is -0.955. The molecule has 1 nitrogen and oxygen atoms in total. The average Bonchev–Trinajstić information content (AvgIpc) is 2.80. The lowest BCUT2D eigenvalue weighted by molar-refractivity contribution is 0.415. The van der Waals surface area contributed by atoms with Gasteiger partial charge in [0.1, 0.15) is 5.75 Å². The Morgan fingerprint density at radius 1 is 1.30 bits per heavy atom. The fourth-order valence-electron chi connectivity index (χ4n) is 2.80. The average molecular weight is 286 g/mol. The molecule has 0 aliphatic heterocycles. The molecule has 0 bridgehead atoms. The molecule has 2 aromatic rings. The summed E-state index contributed by atoms with van der Waals surface area (Å²) in [5.41, 5.74) is 1.43. The SMILES string of the molecule is [B]CCC(CCCC)c1sc2cc(OC)ccc2c1C. The molecule has 0 saturated carbocycles. The van der Waals surface area contributed by atoms with Crippen molar-refractivity contribution in [3.8, 4) is 5.75 Å². The molecule has 106 valence electrons. The number of thiophene rings is 1. The van der Waals surface area contributed by atoms with Gasteiger partial charge in [-0.15, -0.1) is 11.3 Å². The number of methoxy groups -OCH3 is 1. The standard InChI is InChI=1S/C17H23BOS/c1-4-5-6-13(9-10-18)17-12(2)15-8-7-14(19-3)11-16(15)20-17/h7-8,11,13H,4-6,9-10H2,1-3H3. The first kappa shape index (κ1) is 15.4. The normalized spacial score (nSPS) is 12.8. The highest BCUT2D eigenvalue weighted by Crippen LogP contribution is 2.40. The van der Waals surface area contributed by atoms with Crippen molar-refractivity contribution in [3.05, 3.63) is 28.6 Å². The summed E-state index contributed by atoms with van der Waals surface area (Å²) < 4.78 is 6.66. The van der Waals surface area contributed by atoms with Crippen LogP contribution in [0.3, 0.4) is 0 Å². The van der Waals surface area contributed by atoms with Gasteiger partial charge in [0.25, 0.3) is 0 Å². The van der Waals surface area contributed by atoms with Crippen LogP contribution in [0.4, 0.5) is 0 Å². The number of benzene rings is 1. The number of hydrogen-bond donors (Lipinski definition) is 0. The Kier molecular flexibility index (Phi) is 5.53. The highest BCUT2D eigenvalue weighted by Gasteiger charge is 2.17. The summed E-state index contributed by atoms with van der Waals surface area (Å²) in [6.07, 6.45) is 5.63. The van der Waals surface area contributed by atoms with Gasteiger partial charge >= 0.3 is 0 Å². The third-order valence-electron chi connectivity index (χ3n) is 3.97. The van der Waals surface area contributed by atoms with Crippen LogP contribution >= 0.6 is 11.3 Å². The van der Waals surface area contributed by atoms with Gasteiger partial charge < -0.3 is 4.74 Å². The summed E-state index contributed by atoms with van der Waals surface area (Å²) in [4.78, 5) is 1.52. The fraction of sp³-hybridized carbons (Fsp3) is 0.529. The van der Waals surface area contributed by atoms with Gasteiger partial charge in [-0.2, -0.15) is 0 Å². The fourth-order valence-corrected chi connectivity index (χ4v) is 4.21. The monoisotopic (exact) mass is 286 g/mol. The second kappa shape index (κ2) is 7.17. The van der Waals surface area contributed by atoms with Gasteiger partial charge in [-0.25, -0.2) is 0 Å². The second-order valence-corrected chi connectivity index (χ2v) is 6.45. The van der Waals surface area contributed by atoms with Crippen LogP contribution in [0.15, 0.2) is 18.2 Å². The molecular weight excluding hydrogens is 263 g/mol. The highest BCUT2D eigenvalue weighted by molar-refractivity contribution is 7.19. The molecule has 3 heteroatoms. The highest BCUT2D eigenvalue weighted by atomic mass is 32.1. The van der Waals surface area contributed by atoms with Crippen molar-refractivity contribution < 1.29 is 4.74 Å². The molecule has 0 spiro atoms. The third-order valence-corrected chi connectivity index (χ3v) is 5.39. The number of ether oxygens (including phenoxy) is 1. The molecular formula is C17H23BOS. The molecule has 0 fully saturated rings. The summed E-state index contributed by atoms with van der Waals surface area (Å²) in [6, 6.07) is 6.38. The third kappa shape index (κ3) is 3.20. The first-order chi connectivity index (χ1) is 9.71. The zero-order chi connectivity index (χ0) is 14.5. The molecule has 0 saturated heterocycles. The van der Waals surface area contributed by atoms with E-state index in [1.807, 2.05) is 11.3 Å². The topological polar surface area (TPSA) is 9.23 Å². The molecule has 1 aromatic heterocycles. The Morgan fingerprint density at radius 2 is 2.10 bits per heavy atom. The lowest BCUT2D eigenvalue weighted by atomic mass is 9.87. The zero-order valence-electron chi connectivity index (χ0n) is 12.7. The maximum absolute atomic E-state index is 5.81. The van der Waals surface area contributed by atoms with Crippen molar-refractivity contribution in [2.75, 3.05) is 7.11 Å². The van der Waals surface area contributed by atoms with E-state index in [0.717, 1.165) is 18.5 Å². The number of hydrogen-bond acceptors (Lipinski definition) is 2. The lowest BCUT2D eigenvalue weighted by Gasteiger charge is -2.15. The number of rotatable bonds is 7. The molecule has 1 heterocycles. The maximum Gasteiger partial charge on any atom is 0.120 e. The number of aryl methyl sites for hydroxylation is 1. The van der Waals surface area contributed by atoms with Crippen LogP contribution in [-0.4, -0.2) is 15.0 Å². The molecule has 0 amide bonds. The van der Waals surface area contributed by atoms with Crippen molar-refractivity contribution in [2.45, 2.75) is 51.8 Å². The smallest absolute Gasteiger partial charge is 0.120 e. The van der Waals surface area contributed by atoms with Gasteiger partial charge in [-0.3, -0.25) is 0 Å². The van der Waals surface area contributed by atoms with E-state index >= 15 is 0 Å². The Bertz CT molecular complexity index is 561. The van der Waals surface area contributed by atoms with Crippen molar-refractivity contribution >= 4 is 29.3 Å². The minimum absolute atomic E-state index is 0.614. The minimum Gasteiger partial charge on any atom is -0.497 e. The van der Waals surface area contributed by atoms with E-state index < -0.39 is 0 Å². The first-order valence-electron chi connectivity index (χ1n) is 7.48. The van der Waals surface area contributed by atoms with E-state index in [0.29, 0.717) is 5.92 Å². The molecule has 2 rings (SSSR count). The Balaban J connectivity index is 2.38. The van der Waals surface area contributed by atoms with Crippen LogP contribution in [-0.2, 0) is 0 Å². The molecule has 20 heavy (non-hydrogen) atoms. The van der Waals surface area contributed by atoms with Crippen LogP contribution in [0.1, 0.15) is 49.0 Å². The quantitative estimate of drug-likeness (QED) is 0.613. The molecule has 1 unspecified atom stereocenters. The lowest BCUT2D eigenvalue weighted by Crippen LogP contribution is -1.98. The van der Waals surface area contributed by atoms with E-state index in [1.165, 1.54) is 39.8 Å². The molecule has 1 aromatic carbocycles. The van der Waals surface area contributed by atoms with E-state index in [1.54, 1.807) is 7.11 Å². The molecule has 0 N–H and O–H groups in total. The molecule has 0 aliphatic rings. The maximum atomic E-state index is 5.81. The van der Waals surface area contributed by atoms with Gasteiger partial charge in [-0.05, 0) is 48.4 Å². The van der Waals surface area contributed by atoms with E-state index in [4.69, 9.17) is 12.6 Å². The molecule has 2 radical (unpaired) electrons. The van der Waals surface area contributed by atoms with Crippen LogP contribution < -0.4 is 4.74 Å². The van der Waals surface area contributed by atoms with Crippen molar-refractivity contribution in [3.63, 3.8) is 0 Å². The van der Waals surface area contributed by atoms with Crippen molar-refractivity contribution in [2.24, 2.45) is 0 Å². The molecule has 0 aliphatic carbocycles. The largest absolute Gasteiger partial charge is 0.497 e. The van der Waals surface area contributed by atoms with E-state index in [-0.39, 0.29) is 0 Å². The van der Waals surface area contributed by atoms with Crippen LogP contribution in [0.5, 0.6) is 5.75 Å². The van der Waals surface area contributed by atoms with Crippen LogP contribution in [0.25, 0.3) is 10.1 Å². The Morgan fingerprint density at radius 3 is 2.75 bits per heavy atom. The summed E-state index contributed by atoms with van der Waals surface area (Å²) in [6.45, 7) is 4.50. The van der Waals surface area contributed by atoms with Gasteiger partial charge in [0, 0.05) is 9.58 Å². The first-order valence-corrected chi connectivity index (χ1v) is 8.30. The van der Waals surface area contributed by atoms with Crippen LogP contribution in [0.2, 0.25) is 6.32 Å². The van der Waals surface area contributed by atoms with Gasteiger partial charge in [-0.1, -0.05) is 32.5 Å². The number of unbranched alkanes of at least 4 members (excludes halogenated alkanes) is 1. The van der Waals surface area contributed by atoms with E-state index in [2.05, 4.69) is 32.0 Å². The summed E-state index contributed by atoms with van der Waals surface area (Å²) in [5.74, 6) is 1.55. The summed E-state index contributed by atoms with van der Waals surface area (Å²) >= 11 is 1.92.